The average molecular weight is 564 g/mol. The lowest BCUT2D eigenvalue weighted by atomic mass is 9.99. The van der Waals surface area contributed by atoms with Crippen LogP contribution in [0.2, 0.25) is 10.0 Å². The second-order valence-corrected chi connectivity index (χ2v) is 11.1. The summed E-state index contributed by atoms with van der Waals surface area (Å²) in [5.41, 5.74) is 2.31. The largest absolute Gasteiger partial charge is 0.379 e. The number of nitrogens with zero attached hydrogens (tertiary/aromatic N) is 5. The van der Waals surface area contributed by atoms with Gasteiger partial charge in [-0.15, -0.1) is 0 Å². The van der Waals surface area contributed by atoms with Gasteiger partial charge in [0.05, 0.1) is 23.4 Å². The first-order chi connectivity index (χ1) is 18.4. The first kappa shape index (κ1) is 27.4. The molecule has 206 valence electrons. The van der Waals surface area contributed by atoms with Crippen LogP contribution < -0.4 is 15.1 Å². The van der Waals surface area contributed by atoms with E-state index in [1.54, 1.807) is 13.2 Å². The summed E-state index contributed by atoms with van der Waals surface area (Å²) in [4.78, 5) is 28.9. The van der Waals surface area contributed by atoms with Crippen LogP contribution in [0.15, 0.2) is 24.5 Å². The van der Waals surface area contributed by atoms with Crippen LogP contribution in [0.5, 0.6) is 0 Å². The van der Waals surface area contributed by atoms with E-state index in [0.717, 1.165) is 69.1 Å². The van der Waals surface area contributed by atoms with E-state index >= 15 is 0 Å². The first-order valence-corrected chi connectivity index (χ1v) is 14.1. The number of rotatable bonds is 6. The molecule has 1 N–H and O–H groups in total. The topological polar surface area (TPSA) is 83.1 Å². The van der Waals surface area contributed by atoms with Gasteiger partial charge in [0.1, 0.15) is 17.8 Å². The summed E-state index contributed by atoms with van der Waals surface area (Å²) in [7, 11) is 1.74. The van der Waals surface area contributed by atoms with Crippen molar-refractivity contribution in [3.8, 4) is 0 Å². The van der Waals surface area contributed by atoms with E-state index in [1.165, 1.54) is 6.33 Å². The predicted octanol–water partition coefficient (Wildman–Crippen LogP) is 3.42. The second kappa shape index (κ2) is 12.3. The Balaban J connectivity index is 1.18. The Morgan fingerprint density at radius 3 is 2.50 bits per heavy atom. The van der Waals surface area contributed by atoms with E-state index in [1.807, 2.05) is 24.0 Å². The number of benzene rings is 1. The monoisotopic (exact) mass is 562 g/mol. The van der Waals surface area contributed by atoms with Gasteiger partial charge in [-0.05, 0) is 44.4 Å². The summed E-state index contributed by atoms with van der Waals surface area (Å²) in [6.07, 6.45) is 4.36. The van der Waals surface area contributed by atoms with E-state index in [9.17, 15) is 4.79 Å². The summed E-state index contributed by atoms with van der Waals surface area (Å²) in [6, 6.07) is 6.26. The summed E-state index contributed by atoms with van der Waals surface area (Å²) in [5.74, 6) is 0.809. The molecular formula is C27H36Cl2N6O3. The Morgan fingerprint density at radius 2 is 1.79 bits per heavy atom. The van der Waals surface area contributed by atoms with Crippen LogP contribution in [0.3, 0.4) is 0 Å². The molecule has 9 nitrogen and oxygen atoms in total. The number of piperidine rings is 1. The van der Waals surface area contributed by atoms with Crippen molar-refractivity contribution in [2.45, 2.75) is 44.4 Å². The fourth-order valence-corrected chi connectivity index (χ4v) is 6.24. The number of nitrogens with one attached hydrogen (secondary N) is 1. The third-order valence-electron chi connectivity index (χ3n) is 7.93. The van der Waals surface area contributed by atoms with Crippen molar-refractivity contribution < 1.29 is 14.3 Å². The van der Waals surface area contributed by atoms with Gasteiger partial charge in [0, 0.05) is 75.7 Å². The first-order valence-electron chi connectivity index (χ1n) is 13.4. The molecule has 1 amide bonds. The van der Waals surface area contributed by atoms with Gasteiger partial charge in [0.15, 0.2) is 0 Å². The van der Waals surface area contributed by atoms with Crippen LogP contribution in [-0.2, 0) is 9.47 Å². The van der Waals surface area contributed by atoms with Gasteiger partial charge < -0.3 is 29.5 Å². The van der Waals surface area contributed by atoms with E-state index in [2.05, 4.69) is 25.1 Å². The summed E-state index contributed by atoms with van der Waals surface area (Å²) in [6.45, 7) is 7.89. The molecule has 2 aromatic rings. The van der Waals surface area contributed by atoms with Crippen molar-refractivity contribution in [1.82, 2.24) is 20.2 Å². The van der Waals surface area contributed by atoms with Crippen LogP contribution in [0, 0.1) is 6.92 Å². The van der Waals surface area contributed by atoms with Gasteiger partial charge in [0.2, 0.25) is 0 Å². The maximum Gasteiger partial charge on any atom is 0.272 e. The molecule has 1 aromatic heterocycles. The minimum absolute atomic E-state index is 0.0167. The fourth-order valence-electron chi connectivity index (χ4n) is 5.71. The Hall–Kier alpha value is -2.17. The molecule has 4 heterocycles. The molecule has 3 aliphatic heterocycles. The number of likely N-dealkylation sites (tertiary alicyclic amines) is 1. The van der Waals surface area contributed by atoms with Gasteiger partial charge in [-0.1, -0.05) is 23.2 Å². The molecular weight excluding hydrogens is 527 g/mol. The number of carbonyl (C=O) groups is 1. The van der Waals surface area contributed by atoms with Crippen molar-refractivity contribution in [2.24, 2.45) is 0 Å². The molecule has 0 aliphatic carbocycles. The normalized spacial score (nSPS) is 23.1. The van der Waals surface area contributed by atoms with Crippen LogP contribution >= 0.6 is 23.2 Å². The standard InChI is InChI=1S/C27H36Cl2N6O3/c1-18-25(27(36)35-8-5-20(6-9-35)32-22-7-14-38-16-24(22)37-2)30-17-31-26(18)34-12-10-33(11-13-34)23-4-3-19(28)15-21(23)29/h3-4,15,17,20,22,24,32H,5-14,16H2,1-2H3. The number of amides is 1. The van der Waals surface area contributed by atoms with Crippen molar-refractivity contribution in [3.63, 3.8) is 0 Å². The lowest BCUT2D eigenvalue weighted by molar-refractivity contribution is -0.0533. The van der Waals surface area contributed by atoms with Crippen LogP contribution in [0.1, 0.15) is 35.3 Å². The van der Waals surface area contributed by atoms with E-state index in [0.29, 0.717) is 47.5 Å². The molecule has 3 aliphatic rings. The Labute approximate surface area is 234 Å². The number of ether oxygens (including phenoxy) is 2. The maximum absolute atomic E-state index is 13.5. The van der Waals surface area contributed by atoms with Crippen LogP contribution in [-0.4, -0.2) is 98.6 Å². The Bertz CT molecular complexity index is 1120. The van der Waals surface area contributed by atoms with Crippen LogP contribution in [0.25, 0.3) is 0 Å². The zero-order chi connectivity index (χ0) is 26.6. The number of carbonyl (C=O) groups excluding carboxylic acids is 1. The number of hydrogen-bond donors (Lipinski definition) is 1. The zero-order valence-electron chi connectivity index (χ0n) is 22.0. The molecule has 1 aromatic carbocycles. The number of hydrogen-bond acceptors (Lipinski definition) is 8. The molecule has 0 spiro atoms. The highest BCUT2D eigenvalue weighted by molar-refractivity contribution is 6.36. The molecule has 0 saturated carbocycles. The summed E-state index contributed by atoms with van der Waals surface area (Å²) < 4.78 is 11.1. The molecule has 3 saturated heterocycles. The van der Waals surface area contributed by atoms with Gasteiger partial charge >= 0.3 is 0 Å². The summed E-state index contributed by atoms with van der Waals surface area (Å²) in [5, 5.41) is 5.03. The van der Waals surface area contributed by atoms with Gasteiger partial charge in [-0.25, -0.2) is 9.97 Å². The Morgan fingerprint density at radius 1 is 1.05 bits per heavy atom. The second-order valence-electron chi connectivity index (χ2n) is 10.2. The number of aromatic nitrogens is 2. The van der Waals surface area contributed by atoms with Crippen molar-refractivity contribution >= 4 is 40.6 Å². The van der Waals surface area contributed by atoms with Gasteiger partial charge in [-0.3, -0.25) is 4.79 Å². The third kappa shape index (κ3) is 6.02. The fraction of sp³-hybridized carbons (Fsp3) is 0.593. The molecule has 2 atom stereocenters. The highest BCUT2D eigenvalue weighted by Gasteiger charge is 2.32. The van der Waals surface area contributed by atoms with E-state index < -0.39 is 0 Å². The molecule has 0 radical (unpaired) electrons. The molecule has 5 rings (SSSR count). The van der Waals surface area contributed by atoms with Crippen molar-refractivity contribution in [3.05, 3.63) is 45.8 Å². The number of piperazine rings is 1. The van der Waals surface area contributed by atoms with Gasteiger partial charge in [0.25, 0.3) is 5.91 Å². The predicted molar refractivity (Wildman–Crippen MR) is 150 cm³/mol. The highest BCUT2D eigenvalue weighted by atomic mass is 35.5. The molecule has 3 fully saturated rings. The molecule has 38 heavy (non-hydrogen) atoms. The molecule has 2 unspecified atom stereocenters. The minimum atomic E-state index is -0.0167. The van der Waals surface area contributed by atoms with Crippen molar-refractivity contribution in [2.75, 3.05) is 69.4 Å². The van der Waals surface area contributed by atoms with E-state index in [4.69, 9.17) is 32.7 Å². The number of halogens is 2. The zero-order valence-corrected chi connectivity index (χ0v) is 23.5. The number of anilines is 2. The third-order valence-corrected chi connectivity index (χ3v) is 8.47. The van der Waals surface area contributed by atoms with Crippen molar-refractivity contribution in [1.29, 1.82) is 0 Å². The highest BCUT2D eigenvalue weighted by Crippen LogP contribution is 2.30. The molecule has 11 heteroatoms. The quantitative estimate of drug-likeness (QED) is 0.573. The van der Waals surface area contributed by atoms with Gasteiger partial charge in [-0.2, -0.15) is 0 Å². The smallest absolute Gasteiger partial charge is 0.272 e. The van der Waals surface area contributed by atoms with Crippen LogP contribution in [0.4, 0.5) is 11.5 Å². The lowest BCUT2D eigenvalue weighted by Gasteiger charge is -2.38. The SMILES string of the molecule is COC1COCCC1NC1CCN(C(=O)c2ncnc(N3CCN(c4ccc(Cl)cc4Cl)CC3)c2C)CC1. The van der Waals surface area contributed by atoms with E-state index in [-0.39, 0.29) is 12.0 Å². The average Bonchev–Trinajstić information content (AvgIpc) is 2.94. The summed E-state index contributed by atoms with van der Waals surface area (Å²) >= 11 is 12.5. The molecule has 0 bridgehead atoms. The minimum Gasteiger partial charge on any atom is -0.379 e. The maximum atomic E-state index is 13.5. The lowest BCUT2D eigenvalue weighted by Crippen LogP contribution is -2.54. The Kier molecular flexibility index (Phi) is 8.90. The number of methoxy groups -OCH3 is 1.